The first-order valence-electron chi connectivity index (χ1n) is 6.34. The van der Waals surface area contributed by atoms with Crippen LogP contribution in [0.5, 0.6) is 0 Å². The number of hydrogen-bond donors (Lipinski definition) is 1. The Bertz CT molecular complexity index is 326. The molecule has 0 saturated carbocycles. The average Bonchev–Trinajstić information content (AvgIpc) is 2.14. The van der Waals surface area contributed by atoms with Gasteiger partial charge in [0.25, 0.3) is 0 Å². The highest BCUT2D eigenvalue weighted by Gasteiger charge is 2.36. The summed E-state index contributed by atoms with van der Waals surface area (Å²) in [5.41, 5.74) is -0.750. The lowest BCUT2D eigenvalue weighted by molar-refractivity contribution is -0.134. The molecule has 0 aromatic heterocycles. The van der Waals surface area contributed by atoms with Gasteiger partial charge in [-0.25, -0.2) is 8.42 Å². The van der Waals surface area contributed by atoms with Crippen molar-refractivity contribution in [2.45, 2.75) is 64.3 Å². The fourth-order valence-corrected chi connectivity index (χ4v) is 3.49. The van der Waals surface area contributed by atoms with Crippen molar-refractivity contribution in [2.75, 3.05) is 11.5 Å². The number of hydrogen-bond acceptors (Lipinski definition) is 4. The van der Waals surface area contributed by atoms with Gasteiger partial charge in [-0.2, -0.15) is 0 Å². The van der Waals surface area contributed by atoms with E-state index in [1.165, 1.54) is 0 Å². The molecule has 1 aliphatic rings. The third-order valence-electron chi connectivity index (χ3n) is 3.34. The summed E-state index contributed by atoms with van der Waals surface area (Å²) in [5.74, 6) is 0.358. The maximum Gasteiger partial charge on any atom is 0.150 e. The zero-order valence-electron chi connectivity index (χ0n) is 11.0. The van der Waals surface area contributed by atoms with Crippen molar-refractivity contribution < 1.29 is 18.3 Å². The summed E-state index contributed by atoms with van der Waals surface area (Å²) >= 11 is 0. The van der Waals surface area contributed by atoms with E-state index in [-0.39, 0.29) is 23.7 Å². The Hall–Kier alpha value is -0.130. The van der Waals surface area contributed by atoms with E-state index in [0.717, 1.165) is 0 Å². The van der Waals surface area contributed by atoms with Crippen LogP contribution in [-0.2, 0) is 14.6 Å². The Morgan fingerprint density at radius 3 is 2.29 bits per heavy atom. The molecule has 1 fully saturated rings. The Labute approximate surface area is 104 Å². The Kier molecular flexibility index (Phi) is 4.98. The lowest BCUT2D eigenvalue weighted by atomic mass is 9.84. The zero-order valence-corrected chi connectivity index (χ0v) is 11.8. The van der Waals surface area contributed by atoms with E-state index in [1.807, 2.05) is 13.8 Å². The third-order valence-corrected chi connectivity index (χ3v) is 5.13. The molecular weight excluding hydrogens is 240 g/mol. The average molecular weight is 264 g/mol. The molecule has 0 aromatic carbocycles. The number of rotatable bonds is 5. The molecule has 0 aliphatic carbocycles. The van der Waals surface area contributed by atoms with Gasteiger partial charge < -0.3 is 9.84 Å². The second-order valence-electron chi connectivity index (χ2n) is 5.23. The van der Waals surface area contributed by atoms with Crippen LogP contribution in [-0.4, -0.2) is 42.8 Å². The second-order valence-corrected chi connectivity index (χ2v) is 7.70. The normalized spacial score (nSPS) is 34.8. The van der Waals surface area contributed by atoms with E-state index < -0.39 is 15.4 Å². The van der Waals surface area contributed by atoms with Crippen molar-refractivity contribution in [1.82, 2.24) is 0 Å². The van der Waals surface area contributed by atoms with Crippen molar-refractivity contribution in [2.24, 2.45) is 0 Å². The highest BCUT2D eigenvalue weighted by molar-refractivity contribution is 7.91. The minimum Gasteiger partial charge on any atom is -0.390 e. The molecule has 17 heavy (non-hydrogen) atoms. The van der Waals surface area contributed by atoms with Crippen LogP contribution in [0.3, 0.4) is 0 Å². The van der Waals surface area contributed by atoms with Crippen LogP contribution in [0.2, 0.25) is 0 Å². The summed E-state index contributed by atoms with van der Waals surface area (Å²) in [4.78, 5) is 0. The first-order valence-corrected chi connectivity index (χ1v) is 8.17. The molecule has 5 heteroatoms. The fourth-order valence-electron chi connectivity index (χ4n) is 2.62. The summed E-state index contributed by atoms with van der Waals surface area (Å²) in [7, 11) is -2.92. The Morgan fingerprint density at radius 2 is 1.82 bits per heavy atom. The van der Waals surface area contributed by atoms with Gasteiger partial charge in [0.05, 0.1) is 23.6 Å². The van der Waals surface area contributed by atoms with Gasteiger partial charge in [0, 0.05) is 18.6 Å². The van der Waals surface area contributed by atoms with E-state index in [4.69, 9.17) is 4.74 Å². The largest absolute Gasteiger partial charge is 0.390 e. The van der Waals surface area contributed by atoms with Crippen molar-refractivity contribution in [3.05, 3.63) is 0 Å². The van der Waals surface area contributed by atoms with E-state index in [1.54, 1.807) is 6.92 Å². The van der Waals surface area contributed by atoms with Crippen LogP contribution >= 0.6 is 0 Å². The summed E-state index contributed by atoms with van der Waals surface area (Å²) in [6.45, 7) is 5.55. The summed E-state index contributed by atoms with van der Waals surface area (Å²) in [6.07, 6.45) is 2.38. The Balaban J connectivity index is 2.44. The van der Waals surface area contributed by atoms with Crippen molar-refractivity contribution in [3.63, 3.8) is 0 Å². The maximum atomic E-state index is 11.4. The molecule has 1 saturated heterocycles. The molecule has 4 nitrogen and oxygen atoms in total. The highest BCUT2D eigenvalue weighted by Crippen LogP contribution is 2.32. The molecule has 2 atom stereocenters. The van der Waals surface area contributed by atoms with Crippen LogP contribution in [0.4, 0.5) is 0 Å². The van der Waals surface area contributed by atoms with Crippen LogP contribution < -0.4 is 0 Å². The molecule has 102 valence electrons. The summed E-state index contributed by atoms with van der Waals surface area (Å²) in [6, 6.07) is 0. The maximum absolute atomic E-state index is 11.4. The Morgan fingerprint density at radius 1 is 1.29 bits per heavy atom. The summed E-state index contributed by atoms with van der Waals surface area (Å²) in [5, 5.41) is 10.4. The minimum atomic E-state index is -2.92. The zero-order chi connectivity index (χ0) is 13.1. The van der Waals surface area contributed by atoms with Crippen LogP contribution in [0.15, 0.2) is 0 Å². The van der Waals surface area contributed by atoms with E-state index >= 15 is 0 Å². The predicted octanol–water partition coefficient (Wildman–Crippen LogP) is 1.52. The number of aliphatic hydroxyl groups is 1. The quantitative estimate of drug-likeness (QED) is 0.817. The van der Waals surface area contributed by atoms with Crippen LogP contribution in [0, 0.1) is 0 Å². The number of sulfone groups is 1. The lowest BCUT2D eigenvalue weighted by Gasteiger charge is -2.39. The molecule has 0 amide bonds. The van der Waals surface area contributed by atoms with Gasteiger partial charge in [0.2, 0.25) is 0 Å². The van der Waals surface area contributed by atoms with E-state index in [2.05, 4.69) is 0 Å². The first kappa shape index (κ1) is 14.9. The summed E-state index contributed by atoms with van der Waals surface area (Å²) < 4.78 is 28.3. The van der Waals surface area contributed by atoms with Gasteiger partial charge in [0.1, 0.15) is 9.84 Å². The molecule has 0 bridgehead atoms. The predicted molar refractivity (Wildman–Crippen MR) is 67.8 cm³/mol. The molecular formula is C12H24O4S. The van der Waals surface area contributed by atoms with Crippen molar-refractivity contribution in [3.8, 4) is 0 Å². The SMILES string of the molecule is CCS(=O)(=O)CCCC1(O)CC(C)OC(C)C1. The minimum absolute atomic E-state index is 0.0477. The molecule has 0 aromatic rings. The fraction of sp³-hybridized carbons (Fsp3) is 1.00. The monoisotopic (exact) mass is 264 g/mol. The smallest absolute Gasteiger partial charge is 0.150 e. The highest BCUT2D eigenvalue weighted by atomic mass is 32.2. The van der Waals surface area contributed by atoms with E-state index in [0.29, 0.717) is 25.7 Å². The van der Waals surface area contributed by atoms with Crippen molar-refractivity contribution in [1.29, 1.82) is 0 Å². The molecule has 1 heterocycles. The molecule has 0 radical (unpaired) electrons. The lowest BCUT2D eigenvalue weighted by Crippen LogP contribution is -2.43. The molecule has 1 aliphatic heterocycles. The van der Waals surface area contributed by atoms with Gasteiger partial charge >= 0.3 is 0 Å². The molecule has 0 spiro atoms. The first-order chi connectivity index (χ1) is 7.76. The number of ether oxygens (including phenoxy) is 1. The van der Waals surface area contributed by atoms with Gasteiger partial charge in [-0.05, 0) is 26.7 Å². The molecule has 1 rings (SSSR count). The third kappa shape index (κ3) is 4.94. The van der Waals surface area contributed by atoms with Gasteiger partial charge in [-0.3, -0.25) is 0 Å². The van der Waals surface area contributed by atoms with Gasteiger partial charge in [-0.15, -0.1) is 0 Å². The molecule has 2 unspecified atom stereocenters. The van der Waals surface area contributed by atoms with E-state index in [9.17, 15) is 13.5 Å². The topological polar surface area (TPSA) is 63.6 Å². The van der Waals surface area contributed by atoms with Gasteiger partial charge in [0.15, 0.2) is 0 Å². The van der Waals surface area contributed by atoms with Crippen molar-refractivity contribution >= 4 is 9.84 Å². The van der Waals surface area contributed by atoms with Gasteiger partial charge in [-0.1, -0.05) is 6.92 Å². The second kappa shape index (κ2) is 5.67. The standard InChI is InChI=1S/C12H24O4S/c1-4-17(14,15)7-5-6-12(13)8-10(2)16-11(3)9-12/h10-11,13H,4-9H2,1-3H3. The van der Waals surface area contributed by atoms with Crippen LogP contribution in [0.1, 0.15) is 46.5 Å². The van der Waals surface area contributed by atoms with Crippen LogP contribution in [0.25, 0.3) is 0 Å². The molecule has 1 N–H and O–H groups in total.